The van der Waals surface area contributed by atoms with Crippen molar-refractivity contribution >= 4 is 5.97 Å². The third kappa shape index (κ3) is 2.71. The Kier molecular flexibility index (Phi) is 3.15. The quantitative estimate of drug-likeness (QED) is 0.677. The minimum atomic E-state index is -0.410. The van der Waals surface area contributed by atoms with Crippen molar-refractivity contribution in [1.82, 2.24) is 0 Å². The number of hydrogen-bond donors (Lipinski definition) is 0. The van der Waals surface area contributed by atoms with Crippen molar-refractivity contribution in [2.24, 2.45) is 11.3 Å². The van der Waals surface area contributed by atoms with E-state index in [1.165, 1.54) is 0 Å². The third-order valence-electron chi connectivity index (χ3n) is 2.74. The van der Waals surface area contributed by atoms with Crippen LogP contribution < -0.4 is 0 Å². The molecule has 0 spiro atoms. The maximum Gasteiger partial charge on any atom is 0.312 e. The molecule has 1 saturated carbocycles. The number of carbonyl (C=O) groups excluding carboxylic acids is 1. The van der Waals surface area contributed by atoms with Crippen molar-refractivity contribution in [1.29, 1.82) is 0 Å². The summed E-state index contributed by atoms with van der Waals surface area (Å²) < 4.78 is 10.9. The van der Waals surface area contributed by atoms with E-state index in [0.29, 0.717) is 6.61 Å². The second-order valence-corrected chi connectivity index (χ2v) is 5.71. The molecule has 15 heavy (non-hydrogen) atoms. The Balaban J connectivity index is 2.56. The molecule has 0 bridgehead atoms. The highest BCUT2D eigenvalue weighted by Crippen LogP contribution is 2.54. The number of rotatable bonds is 3. The van der Waals surface area contributed by atoms with Crippen LogP contribution >= 0.6 is 0 Å². The van der Waals surface area contributed by atoms with Crippen molar-refractivity contribution < 1.29 is 14.3 Å². The molecule has 2 atom stereocenters. The fraction of sp³-hybridized carbons (Fsp3) is 0.917. The highest BCUT2D eigenvalue weighted by atomic mass is 16.6. The molecule has 1 rings (SSSR count). The van der Waals surface area contributed by atoms with Crippen LogP contribution in [-0.4, -0.2) is 24.3 Å². The monoisotopic (exact) mass is 214 g/mol. The van der Waals surface area contributed by atoms with Gasteiger partial charge in [-0.3, -0.25) is 4.79 Å². The van der Waals surface area contributed by atoms with Gasteiger partial charge in [0.1, 0.15) is 5.60 Å². The molecular weight excluding hydrogens is 192 g/mol. The maximum atomic E-state index is 11.8. The molecule has 0 N–H and O–H groups in total. The van der Waals surface area contributed by atoms with Crippen molar-refractivity contribution in [2.45, 2.75) is 53.2 Å². The molecule has 0 radical (unpaired) electrons. The van der Waals surface area contributed by atoms with E-state index >= 15 is 0 Å². The first kappa shape index (κ1) is 12.5. The van der Waals surface area contributed by atoms with Crippen LogP contribution in [0.15, 0.2) is 0 Å². The Labute approximate surface area is 92.1 Å². The molecule has 3 nitrogen and oxygen atoms in total. The summed E-state index contributed by atoms with van der Waals surface area (Å²) in [4.78, 5) is 11.8. The molecule has 1 aliphatic rings. The van der Waals surface area contributed by atoms with Crippen molar-refractivity contribution in [3.63, 3.8) is 0 Å². The zero-order valence-corrected chi connectivity index (χ0v) is 10.6. The predicted octanol–water partition coefficient (Wildman–Crippen LogP) is 2.39. The molecule has 0 unspecified atom stereocenters. The van der Waals surface area contributed by atoms with Crippen LogP contribution in [0.3, 0.4) is 0 Å². The fourth-order valence-electron chi connectivity index (χ4n) is 1.87. The van der Waals surface area contributed by atoms with Crippen molar-refractivity contribution in [2.75, 3.05) is 6.61 Å². The van der Waals surface area contributed by atoms with Gasteiger partial charge in [0.2, 0.25) is 0 Å². The molecule has 0 saturated heterocycles. The van der Waals surface area contributed by atoms with Crippen molar-refractivity contribution in [3.05, 3.63) is 0 Å². The molecular formula is C12H22O3. The molecule has 0 aromatic heterocycles. The normalized spacial score (nSPS) is 28.7. The van der Waals surface area contributed by atoms with Crippen LogP contribution in [0.2, 0.25) is 0 Å². The fourth-order valence-corrected chi connectivity index (χ4v) is 1.87. The molecule has 88 valence electrons. The highest BCUT2D eigenvalue weighted by Gasteiger charge is 2.64. The van der Waals surface area contributed by atoms with Gasteiger partial charge >= 0.3 is 5.97 Å². The summed E-state index contributed by atoms with van der Waals surface area (Å²) in [5.41, 5.74) is -0.481. The summed E-state index contributed by atoms with van der Waals surface area (Å²) in [5.74, 6) is -0.234. The number of esters is 1. The first-order chi connectivity index (χ1) is 6.70. The van der Waals surface area contributed by atoms with E-state index in [1.54, 1.807) is 0 Å². The molecule has 0 heterocycles. The van der Waals surface area contributed by atoms with Gasteiger partial charge in [-0.1, -0.05) is 13.8 Å². The second kappa shape index (κ2) is 3.78. The smallest absolute Gasteiger partial charge is 0.312 e. The lowest BCUT2D eigenvalue weighted by Crippen LogP contribution is -2.26. The molecule has 0 amide bonds. The zero-order valence-electron chi connectivity index (χ0n) is 10.6. The topological polar surface area (TPSA) is 35.5 Å². The molecule has 3 heteroatoms. The Morgan fingerprint density at radius 3 is 2.27 bits per heavy atom. The predicted molar refractivity (Wildman–Crippen MR) is 58.5 cm³/mol. The summed E-state index contributed by atoms with van der Waals surface area (Å²) in [6, 6.07) is 0. The van der Waals surface area contributed by atoms with E-state index in [2.05, 4.69) is 0 Å². The van der Waals surface area contributed by atoms with Gasteiger partial charge < -0.3 is 9.47 Å². The van der Waals surface area contributed by atoms with Gasteiger partial charge in [0, 0.05) is 12.0 Å². The average molecular weight is 214 g/mol. The second-order valence-electron chi connectivity index (χ2n) is 5.71. The van der Waals surface area contributed by atoms with Crippen LogP contribution in [0.4, 0.5) is 0 Å². The lowest BCUT2D eigenvalue weighted by Gasteiger charge is -2.19. The van der Waals surface area contributed by atoms with Crippen molar-refractivity contribution in [3.8, 4) is 0 Å². The van der Waals surface area contributed by atoms with Gasteiger partial charge in [0.15, 0.2) is 0 Å². The van der Waals surface area contributed by atoms with Crippen LogP contribution in [0.5, 0.6) is 0 Å². The minimum absolute atomic E-state index is 0.0253. The first-order valence-electron chi connectivity index (χ1n) is 5.54. The van der Waals surface area contributed by atoms with Gasteiger partial charge in [-0.25, -0.2) is 0 Å². The third-order valence-corrected chi connectivity index (χ3v) is 2.74. The van der Waals surface area contributed by atoms with Crippen LogP contribution in [0.1, 0.15) is 41.5 Å². The van der Waals surface area contributed by atoms with Gasteiger partial charge in [0.05, 0.1) is 12.0 Å². The van der Waals surface area contributed by atoms with Crippen LogP contribution in [0.25, 0.3) is 0 Å². The Morgan fingerprint density at radius 2 is 1.87 bits per heavy atom. The van der Waals surface area contributed by atoms with E-state index in [4.69, 9.17) is 9.47 Å². The maximum absolute atomic E-state index is 11.8. The Morgan fingerprint density at radius 1 is 1.33 bits per heavy atom. The van der Waals surface area contributed by atoms with Gasteiger partial charge in [0.25, 0.3) is 0 Å². The molecule has 0 aliphatic heterocycles. The molecule has 1 fully saturated rings. The molecule has 0 aromatic rings. The largest absolute Gasteiger partial charge is 0.460 e. The summed E-state index contributed by atoms with van der Waals surface area (Å²) in [6.07, 6.45) is 0.0253. The summed E-state index contributed by atoms with van der Waals surface area (Å²) in [5, 5.41) is 0. The summed E-state index contributed by atoms with van der Waals surface area (Å²) in [7, 11) is 0. The van der Waals surface area contributed by atoms with E-state index in [-0.39, 0.29) is 23.4 Å². The zero-order chi connectivity index (χ0) is 11.9. The summed E-state index contributed by atoms with van der Waals surface area (Å²) >= 11 is 0. The Hall–Kier alpha value is -0.570. The van der Waals surface area contributed by atoms with E-state index in [1.807, 2.05) is 41.5 Å². The van der Waals surface area contributed by atoms with E-state index in [9.17, 15) is 4.79 Å². The lowest BCUT2D eigenvalue weighted by atomic mass is 10.1. The molecule has 1 aliphatic carbocycles. The van der Waals surface area contributed by atoms with E-state index in [0.717, 1.165) is 0 Å². The van der Waals surface area contributed by atoms with Crippen LogP contribution in [-0.2, 0) is 14.3 Å². The number of carbonyl (C=O) groups is 1. The summed E-state index contributed by atoms with van der Waals surface area (Å²) in [6.45, 7) is 12.3. The first-order valence-corrected chi connectivity index (χ1v) is 5.54. The van der Waals surface area contributed by atoms with Gasteiger partial charge in [-0.05, 0) is 27.7 Å². The number of hydrogen-bond acceptors (Lipinski definition) is 3. The van der Waals surface area contributed by atoms with Gasteiger partial charge in [-0.2, -0.15) is 0 Å². The van der Waals surface area contributed by atoms with Gasteiger partial charge in [-0.15, -0.1) is 0 Å². The lowest BCUT2D eigenvalue weighted by molar-refractivity contribution is -0.158. The standard InChI is InChI=1S/C12H22O3/c1-7-14-9-8(12(9,5)6)10(13)15-11(2,3)4/h8-9H,7H2,1-6H3/t8-,9+/m1/s1. The number of ether oxygens (including phenoxy) is 2. The van der Waals surface area contributed by atoms with E-state index < -0.39 is 5.60 Å². The highest BCUT2D eigenvalue weighted by molar-refractivity contribution is 5.78. The average Bonchev–Trinajstić information content (AvgIpc) is 2.50. The Bertz CT molecular complexity index is 250. The minimum Gasteiger partial charge on any atom is -0.460 e. The SMILES string of the molecule is CCO[C@H]1[C@H](C(=O)OC(C)(C)C)C1(C)C. The molecule has 0 aromatic carbocycles. The van der Waals surface area contributed by atoms with Crippen LogP contribution in [0, 0.1) is 11.3 Å².